The van der Waals surface area contributed by atoms with E-state index in [1.54, 1.807) is 32.2 Å². The van der Waals surface area contributed by atoms with Gasteiger partial charge < -0.3 is 19.5 Å². The minimum Gasteiger partial charge on any atom is -0.486 e. The molecule has 1 aliphatic heterocycles. The molecular formula is C13H17NO4. The number of carbonyl (C=O) groups excluding carboxylic acids is 1. The third-order valence-electron chi connectivity index (χ3n) is 3.03. The number of nitrogens with zero attached hydrogens (tertiary/aromatic N) is 1. The predicted molar refractivity (Wildman–Crippen MR) is 66.1 cm³/mol. The molecular weight excluding hydrogens is 234 g/mol. The van der Waals surface area contributed by atoms with Crippen LogP contribution in [0.4, 0.5) is 0 Å². The number of fused-ring (bicyclic) bond motifs is 1. The van der Waals surface area contributed by atoms with E-state index in [4.69, 9.17) is 14.6 Å². The quantitative estimate of drug-likeness (QED) is 0.867. The minimum atomic E-state index is -0.217. The maximum Gasteiger partial charge on any atom is 0.254 e. The summed E-state index contributed by atoms with van der Waals surface area (Å²) in [4.78, 5) is 13.7. The van der Waals surface area contributed by atoms with Gasteiger partial charge in [-0.2, -0.15) is 0 Å². The van der Waals surface area contributed by atoms with Crippen LogP contribution in [-0.2, 0) is 0 Å². The van der Waals surface area contributed by atoms with Gasteiger partial charge in [-0.15, -0.1) is 0 Å². The standard InChI is InChI=1S/C13H17NO4/c1-9(8-15)14(2)13(16)10-3-4-11-12(7-10)18-6-5-17-11/h3-4,7,9,15H,5-6,8H2,1-2H3. The Morgan fingerprint density at radius 1 is 1.39 bits per heavy atom. The highest BCUT2D eigenvalue weighted by Crippen LogP contribution is 2.31. The molecule has 2 rings (SSSR count). The van der Waals surface area contributed by atoms with Gasteiger partial charge in [-0.1, -0.05) is 0 Å². The lowest BCUT2D eigenvalue weighted by molar-refractivity contribution is 0.0681. The Hall–Kier alpha value is -1.75. The lowest BCUT2D eigenvalue weighted by atomic mass is 10.1. The Kier molecular flexibility index (Phi) is 3.72. The molecule has 0 aromatic heterocycles. The van der Waals surface area contributed by atoms with Gasteiger partial charge in [0, 0.05) is 12.6 Å². The van der Waals surface area contributed by atoms with E-state index < -0.39 is 0 Å². The lowest BCUT2D eigenvalue weighted by Crippen LogP contribution is -2.37. The van der Waals surface area contributed by atoms with Crippen LogP contribution in [-0.4, -0.2) is 48.8 Å². The Balaban J connectivity index is 2.20. The Morgan fingerprint density at radius 3 is 2.72 bits per heavy atom. The molecule has 1 heterocycles. The first-order valence-corrected chi connectivity index (χ1v) is 5.91. The Bertz CT molecular complexity index is 447. The van der Waals surface area contributed by atoms with E-state index in [2.05, 4.69) is 0 Å². The van der Waals surface area contributed by atoms with Gasteiger partial charge in [-0.3, -0.25) is 4.79 Å². The molecule has 1 N–H and O–H groups in total. The first-order valence-electron chi connectivity index (χ1n) is 5.91. The monoisotopic (exact) mass is 251 g/mol. The fraction of sp³-hybridized carbons (Fsp3) is 0.462. The molecule has 1 aromatic carbocycles. The van der Waals surface area contributed by atoms with E-state index in [1.165, 1.54) is 4.90 Å². The molecule has 1 amide bonds. The van der Waals surface area contributed by atoms with Gasteiger partial charge in [-0.05, 0) is 25.1 Å². The molecule has 0 aliphatic carbocycles. The Morgan fingerprint density at radius 2 is 2.06 bits per heavy atom. The molecule has 18 heavy (non-hydrogen) atoms. The SMILES string of the molecule is CC(CO)N(C)C(=O)c1ccc2c(c1)OCCO2. The van der Waals surface area contributed by atoms with Crippen molar-refractivity contribution in [3.8, 4) is 11.5 Å². The number of ether oxygens (including phenoxy) is 2. The second-order valence-electron chi connectivity index (χ2n) is 4.31. The molecule has 98 valence electrons. The topological polar surface area (TPSA) is 59.0 Å². The van der Waals surface area contributed by atoms with Gasteiger partial charge in [0.15, 0.2) is 11.5 Å². The molecule has 1 aromatic rings. The zero-order valence-electron chi connectivity index (χ0n) is 10.5. The van der Waals surface area contributed by atoms with Gasteiger partial charge in [0.2, 0.25) is 0 Å². The normalized spacial score (nSPS) is 15.1. The molecule has 5 nitrogen and oxygen atoms in total. The average molecular weight is 251 g/mol. The van der Waals surface area contributed by atoms with Crippen LogP contribution >= 0.6 is 0 Å². The van der Waals surface area contributed by atoms with E-state index in [0.717, 1.165) is 0 Å². The van der Waals surface area contributed by atoms with Gasteiger partial charge in [-0.25, -0.2) is 0 Å². The van der Waals surface area contributed by atoms with Crippen LogP contribution in [0.25, 0.3) is 0 Å². The zero-order chi connectivity index (χ0) is 13.1. The summed E-state index contributed by atoms with van der Waals surface area (Å²) in [6.07, 6.45) is 0. The van der Waals surface area contributed by atoms with E-state index in [-0.39, 0.29) is 18.6 Å². The van der Waals surface area contributed by atoms with Crippen molar-refractivity contribution in [1.82, 2.24) is 4.90 Å². The molecule has 5 heteroatoms. The molecule has 0 fully saturated rings. The maximum absolute atomic E-state index is 12.1. The lowest BCUT2D eigenvalue weighted by Gasteiger charge is -2.24. The van der Waals surface area contributed by atoms with E-state index in [0.29, 0.717) is 30.3 Å². The van der Waals surface area contributed by atoms with Crippen molar-refractivity contribution < 1.29 is 19.4 Å². The summed E-state index contributed by atoms with van der Waals surface area (Å²) in [5.74, 6) is 1.11. The third kappa shape index (κ3) is 2.41. The van der Waals surface area contributed by atoms with E-state index in [9.17, 15) is 4.79 Å². The number of benzene rings is 1. The smallest absolute Gasteiger partial charge is 0.254 e. The van der Waals surface area contributed by atoms with Crippen LogP contribution in [0, 0.1) is 0 Å². The van der Waals surface area contributed by atoms with Crippen LogP contribution in [0.3, 0.4) is 0 Å². The van der Waals surface area contributed by atoms with Crippen LogP contribution in [0.15, 0.2) is 18.2 Å². The zero-order valence-corrected chi connectivity index (χ0v) is 10.5. The van der Waals surface area contributed by atoms with Crippen LogP contribution in [0.2, 0.25) is 0 Å². The van der Waals surface area contributed by atoms with Crippen molar-refractivity contribution >= 4 is 5.91 Å². The number of amides is 1. The fourth-order valence-electron chi connectivity index (χ4n) is 1.70. The predicted octanol–water partition coefficient (Wildman–Crippen LogP) is 0.911. The van der Waals surface area contributed by atoms with Crippen molar-refractivity contribution in [3.05, 3.63) is 23.8 Å². The highest BCUT2D eigenvalue weighted by molar-refractivity contribution is 5.95. The largest absolute Gasteiger partial charge is 0.486 e. The fourth-order valence-corrected chi connectivity index (χ4v) is 1.70. The summed E-state index contributed by atoms with van der Waals surface area (Å²) in [6.45, 7) is 2.75. The average Bonchev–Trinajstić information content (AvgIpc) is 2.44. The number of aliphatic hydroxyl groups is 1. The Labute approximate surface area is 106 Å². The van der Waals surface area contributed by atoms with Gasteiger partial charge >= 0.3 is 0 Å². The summed E-state index contributed by atoms with van der Waals surface area (Å²) in [6, 6.07) is 4.90. The van der Waals surface area contributed by atoms with Crippen molar-refractivity contribution in [2.75, 3.05) is 26.9 Å². The summed E-state index contributed by atoms with van der Waals surface area (Å²) >= 11 is 0. The highest BCUT2D eigenvalue weighted by atomic mass is 16.6. The van der Waals surface area contributed by atoms with Gasteiger partial charge in [0.1, 0.15) is 13.2 Å². The molecule has 1 aliphatic rings. The molecule has 1 unspecified atom stereocenters. The highest BCUT2D eigenvalue weighted by Gasteiger charge is 2.19. The number of hydrogen-bond acceptors (Lipinski definition) is 4. The number of carbonyl (C=O) groups is 1. The number of hydrogen-bond donors (Lipinski definition) is 1. The van der Waals surface area contributed by atoms with Gasteiger partial charge in [0.25, 0.3) is 5.91 Å². The van der Waals surface area contributed by atoms with Crippen LogP contribution in [0.1, 0.15) is 17.3 Å². The van der Waals surface area contributed by atoms with E-state index >= 15 is 0 Å². The van der Waals surface area contributed by atoms with Crippen molar-refractivity contribution in [2.24, 2.45) is 0 Å². The van der Waals surface area contributed by atoms with Crippen molar-refractivity contribution in [1.29, 1.82) is 0 Å². The molecule has 0 radical (unpaired) electrons. The molecule has 1 atom stereocenters. The maximum atomic E-state index is 12.1. The summed E-state index contributed by atoms with van der Waals surface area (Å²) < 4.78 is 10.8. The number of likely N-dealkylation sites (N-methyl/N-ethyl adjacent to an activating group) is 1. The summed E-state index contributed by atoms with van der Waals surface area (Å²) in [5.41, 5.74) is 0.530. The third-order valence-corrected chi connectivity index (χ3v) is 3.03. The minimum absolute atomic E-state index is 0.0627. The first kappa shape index (κ1) is 12.7. The van der Waals surface area contributed by atoms with Crippen LogP contribution in [0.5, 0.6) is 11.5 Å². The van der Waals surface area contributed by atoms with Crippen molar-refractivity contribution in [2.45, 2.75) is 13.0 Å². The molecule has 0 saturated heterocycles. The number of aliphatic hydroxyl groups excluding tert-OH is 1. The molecule has 0 spiro atoms. The summed E-state index contributed by atoms with van der Waals surface area (Å²) in [7, 11) is 1.67. The number of rotatable bonds is 3. The second kappa shape index (κ2) is 5.27. The summed E-state index contributed by atoms with van der Waals surface area (Å²) in [5, 5.41) is 9.05. The van der Waals surface area contributed by atoms with Gasteiger partial charge in [0.05, 0.1) is 12.6 Å². The molecule has 0 bridgehead atoms. The van der Waals surface area contributed by atoms with E-state index in [1.807, 2.05) is 0 Å². The van der Waals surface area contributed by atoms with Crippen LogP contribution < -0.4 is 9.47 Å². The molecule has 0 saturated carbocycles. The first-order chi connectivity index (χ1) is 8.63. The second-order valence-corrected chi connectivity index (χ2v) is 4.31. The van der Waals surface area contributed by atoms with Crippen molar-refractivity contribution in [3.63, 3.8) is 0 Å².